The van der Waals surface area contributed by atoms with Crippen LogP contribution in [0.1, 0.15) is 34.3 Å². The van der Waals surface area contributed by atoms with Crippen LogP contribution < -0.4 is 4.74 Å². The second kappa shape index (κ2) is 9.37. The van der Waals surface area contributed by atoms with Crippen LogP contribution >= 0.6 is 0 Å². The summed E-state index contributed by atoms with van der Waals surface area (Å²) < 4.78 is 11.1. The number of nitrogens with zero attached hydrogens (tertiary/aromatic N) is 1. The second-order valence-corrected chi connectivity index (χ2v) is 6.90. The Morgan fingerprint density at radius 2 is 2.04 bits per heavy atom. The lowest BCUT2D eigenvalue weighted by molar-refractivity contribution is -0.132. The van der Waals surface area contributed by atoms with Gasteiger partial charge in [0, 0.05) is 25.3 Å². The van der Waals surface area contributed by atoms with Crippen molar-refractivity contribution in [2.45, 2.75) is 31.9 Å². The van der Waals surface area contributed by atoms with Crippen molar-refractivity contribution in [3.63, 3.8) is 0 Å². The molecule has 1 fully saturated rings. The van der Waals surface area contributed by atoms with Crippen molar-refractivity contribution in [2.24, 2.45) is 0 Å². The topological polar surface area (TPSA) is 76.1 Å². The number of hydrogen-bond acceptors (Lipinski definition) is 4. The Labute approximate surface area is 164 Å². The van der Waals surface area contributed by atoms with Crippen LogP contribution in [-0.4, -0.2) is 48.2 Å². The van der Waals surface area contributed by atoms with E-state index in [1.807, 2.05) is 24.3 Å². The van der Waals surface area contributed by atoms with Crippen LogP contribution in [0.25, 0.3) is 0 Å². The van der Waals surface area contributed by atoms with Gasteiger partial charge in [-0.05, 0) is 36.6 Å². The molecule has 2 aromatic carbocycles. The maximum absolute atomic E-state index is 13.1. The zero-order valence-corrected chi connectivity index (χ0v) is 16.0. The van der Waals surface area contributed by atoms with Gasteiger partial charge in [-0.1, -0.05) is 30.3 Å². The Morgan fingerprint density at radius 1 is 1.21 bits per heavy atom. The number of methoxy groups -OCH3 is 1. The van der Waals surface area contributed by atoms with E-state index in [-0.39, 0.29) is 24.0 Å². The lowest BCUT2D eigenvalue weighted by Crippen LogP contribution is -2.38. The number of para-hydroxylation sites is 1. The summed E-state index contributed by atoms with van der Waals surface area (Å²) in [6, 6.07) is 14.1. The predicted octanol–water partition coefficient (Wildman–Crippen LogP) is 3.14. The number of rotatable bonds is 8. The summed E-state index contributed by atoms with van der Waals surface area (Å²) in [4.78, 5) is 26.0. The SMILES string of the molecule is COc1ccccc1CN(CC1CCCO1)C(=O)Cc1cccc(C(=O)O)c1. The summed E-state index contributed by atoms with van der Waals surface area (Å²) in [5, 5.41) is 9.17. The first-order valence-corrected chi connectivity index (χ1v) is 9.40. The summed E-state index contributed by atoms with van der Waals surface area (Å²) in [6.45, 7) is 1.65. The van der Waals surface area contributed by atoms with Crippen molar-refractivity contribution >= 4 is 11.9 Å². The van der Waals surface area contributed by atoms with E-state index in [0.717, 1.165) is 30.8 Å². The second-order valence-electron chi connectivity index (χ2n) is 6.90. The molecule has 2 aromatic rings. The molecule has 1 saturated heterocycles. The molecule has 0 saturated carbocycles. The van der Waals surface area contributed by atoms with Crippen LogP contribution in [0.4, 0.5) is 0 Å². The maximum Gasteiger partial charge on any atom is 0.335 e. The van der Waals surface area contributed by atoms with Gasteiger partial charge < -0.3 is 19.5 Å². The number of aromatic carboxylic acids is 1. The molecule has 0 spiro atoms. The highest BCUT2D eigenvalue weighted by Gasteiger charge is 2.24. The fourth-order valence-corrected chi connectivity index (χ4v) is 3.43. The van der Waals surface area contributed by atoms with Crippen LogP contribution in [-0.2, 0) is 22.5 Å². The van der Waals surface area contributed by atoms with Gasteiger partial charge in [-0.25, -0.2) is 4.79 Å². The van der Waals surface area contributed by atoms with Crippen LogP contribution in [0, 0.1) is 0 Å². The monoisotopic (exact) mass is 383 g/mol. The predicted molar refractivity (Wildman–Crippen MR) is 104 cm³/mol. The maximum atomic E-state index is 13.1. The third kappa shape index (κ3) is 5.10. The number of ether oxygens (including phenoxy) is 2. The van der Waals surface area contributed by atoms with E-state index in [1.54, 1.807) is 30.2 Å². The summed E-state index contributed by atoms with van der Waals surface area (Å²) in [6.07, 6.45) is 2.11. The molecule has 1 atom stereocenters. The standard InChI is InChI=1S/C22H25NO5/c1-27-20-10-3-2-7-18(20)14-23(15-19-9-5-11-28-19)21(24)13-16-6-4-8-17(12-16)22(25)26/h2-4,6-8,10,12,19H,5,9,11,13-15H2,1H3,(H,25,26). The highest BCUT2D eigenvalue weighted by atomic mass is 16.5. The van der Waals surface area contributed by atoms with Gasteiger partial charge in [0.1, 0.15) is 5.75 Å². The summed E-state index contributed by atoms with van der Waals surface area (Å²) in [5.41, 5.74) is 1.79. The summed E-state index contributed by atoms with van der Waals surface area (Å²) in [7, 11) is 1.61. The third-order valence-electron chi connectivity index (χ3n) is 4.88. The number of hydrogen-bond donors (Lipinski definition) is 1. The molecule has 1 aliphatic heterocycles. The molecular formula is C22H25NO5. The number of amides is 1. The molecule has 3 rings (SSSR count). The molecule has 0 aromatic heterocycles. The fraction of sp³-hybridized carbons (Fsp3) is 0.364. The first-order chi connectivity index (χ1) is 13.6. The van der Waals surface area contributed by atoms with Crippen molar-refractivity contribution in [3.8, 4) is 5.75 Å². The third-order valence-corrected chi connectivity index (χ3v) is 4.88. The Hall–Kier alpha value is -2.86. The lowest BCUT2D eigenvalue weighted by atomic mass is 10.1. The molecule has 1 heterocycles. The zero-order chi connectivity index (χ0) is 19.9. The average Bonchev–Trinajstić information content (AvgIpc) is 3.21. The van der Waals surface area contributed by atoms with Gasteiger partial charge in [0.25, 0.3) is 0 Å². The highest BCUT2D eigenvalue weighted by Crippen LogP contribution is 2.22. The number of carbonyl (C=O) groups is 2. The van der Waals surface area contributed by atoms with Gasteiger partial charge in [-0.3, -0.25) is 4.79 Å². The summed E-state index contributed by atoms with van der Waals surface area (Å²) in [5.74, 6) is -0.330. The minimum Gasteiger partial charge on any atom is -0.496 e. The van der Waals surface area contributed by atoms with Gasteiger partial charge in [0.2, 0.25) is 5.91 Å². The first-order valence-electron chi connectivity index (χ1n) is 9.40. The van der Waals surface area contributed by atoms with Crippen molar-refractivity contribution < 1.29 is 24.2 Å². The quantitative estimate of drug-likeness (QED) is 0.758. The number of benzene rings is 2. The largest absolute Gasteiger partial charge is 0.496 e. The van der Waals surface area contributed by atoms with Crippen molar-refractivity contribution in [3.05, 3.63) is 65.2 Å². The molecule has 6 nitrogen and oxygen atoms in total. The van der Waals surface area contributed by atoms with Gasteiger partial charge in [-0.15, -0.1) is 0 Å². The molecule has 148 valence electrons. The van der Waals surface area contributed by atoms with Gasteiger partial charge in [0.05, 0.1) is 25.2 Å². The molecule has 1 aliphatic rings. The normalized spacial score (nSPS) is 16.0. The highest BCUT2D eigenvalue weighted by molar-refractivity contribution is 5.88. The fourth-order valence-electron chi connectivity index (χ4n) is 3.43. The van der Waals surface area contributed by atoms with E-state index in [0.29, 0.717) is 18.7 Å². The summed E-state index contributed by atoms with van der Waals surface area (Å²) >= 11 is 0. The molecule has 1 N–H and O–H groups in total. The Morgan fingerprint density at radius 3 is 2.75 bits per heavy atom. The molecular weight excluding hydrogens is 358 g/mol. The zero-order valence-electron chi connectivity index (χ0n) is 16.0. The molecule has 6 heteroatoms. The van der Waals surface area contributed by atoms with Gasteiger partial charge in [-0.2, -0.15) is 0 Å². The molecule has 28 heavy (non-hydrogen) atoms. The van der Waals surface area contributed by atoms with Crippen LogP contribution in [0.3, 0.4) is 0 Å². The van der Waals surface area contributed by atoms with E-state index >= 15 is 0 Å². The van der Waals surface area contributed by atoms with E-state index in [9.17, 15) is 9.59 Å². The molecule has 0 bridgehead atoms. The molecule has 0 radical (unpaired) electrons. The van der Waals surface area contributed by atoms with Gasteiger partial charge in [0.15, 0.2) is 0 Å². The van der Waals surface area contributed by atoms with Crippen LogP contribution in [0.15, 0.2) is 48.5 Å². The van der Waals surface area contributed by atoms with Crippen LogP contribution in [0.5, 0.6) is 5.75 Å². The molecule has 1 amide bonds. The number of carboxylic acids is 1. The van der Waals surface area contributed by atoms with E-state index in [2.05, 4.69) is 0 Å². The number of carboxylic acid groups (broad SMARTS) is 1. The molecule has 0 aliphatic carbocycles. The van der Waals surface area contributed by atoms with Gasteiger partial charge >= 0.3 is 5.97 Å². The Balaban J connectivity index is 1.78. The Bertz CT molecular complexity index is 829. The van der Waals surface area contributed by atoms with E-state index in [1.165, 1.54) is 6.07 Å². The van der Waals surface area contributed by atoms with Crippen molar-refractivity contribution in [1.29, 1.82) is 0 Å². The van der Waals surface area contributed by atoms with Crippen LogP contribution in [0.2, 0.25) is 0 Å². The molecule has 1 unspecified atom stereocenters. The lowest BCUT2D eigenvalue weighted by Gasteiger charge is -2.26. The average molecular weight is 383 g/mol. The minimum atomic E-state index is -1.00. The number of carbonyl (C=O) groups excluding carboxylic acids is 1. The Kier molecular flexibility index (Phi) is 6.66. The first kappa shape index (κ1) is 19.9. The van der Waals surface area contributed by atoms with E-state index < -0.39 is 5.97 Å². The van der Waals surface area contributed by atoms with Crippen molar-refractivity contribution in [2.75, 3.05) is 20.3 Å². The smallest absolute Gasteiger partial charge is 0.335 e. The minimum absolute atomic E-state index is 0.0315. The van der Waals surface area contributed by atoms with Crippen molar-refractivity contribution in [1.82, 2.24) is 4.90 Å². The van der Waals surface area contributed by atoms with E-state index in [4.69, 9.17) is 14.6 Å².